The minimum atomic E-state index is -0.564. The van der Waals surface area contributed by atoms with Gasteiger partial charge in [0.2, 0.25) is 0 Å². The van der Waals surface area contributed by atoms with Crippen molar-refractivity contribution >= 4 is 11.5 Å². The number of nitro groups is 1. The van der Waals surface area contributed by atoms with E-state index in [0.717, 1.165) is 11.8 Å². The molecule has 0 unspecified atom stereocenters. The molecule has 2 aromatic rings. The molecule has 0 spiro atoms. The number of nitriles is 1. The third kappa shape index (κ3) is 3.83. The van der Waals surface area contributed by atoms with Crippen LogP contribution in [-0.4, -0.2) is 9.91 Å². The highest BCUT2D eigenvalue weighted by molar-refractivity contribution is 5.56. The third-order valence-corrected chi connectivity index (χ3v) is 3.66. The van der Waals surface area contributed by atoms with Gasteiger partial charge in [0.25, 0.3) is 5.69 Å². The fourth-order valence-electron chi connectivity index (χ4n) is 2.21. The fourth-order valence-corrected chi connectivity index (χ4v) is 2.21. The minimum absolute atomic E-state index is 0.0720. The smallest absolute Gasteiger partial charge is 0.289 e. The Kier molecular flexibility index (Phi) is 4.91. The van der Waals surface area contributed by atoms with E-state index in [2.05, 4.69) is 36.3 Å². The zero-order valence-electron chi connectivity index (χ0n) is 13.3. The first-order chi connectivity index (χ1) is 10.9. The highest BCUT2D eigenvalue weighted by Gasteiger charge is 2.14. The van der Waals surface area contributed by atoms with E-state index >= 15 is 0 Å². The summed E-state index contributed by atoms with van der Waals surface area (Å²) < 4.78 is 0. The summed E-state index contributed by atoms with van der Waals surface area (Å²) in [4.78, 5) is 14.2. The van der Waals surface area contributed by atoms with Gasteiger partial charge in [-0.15, -0.1) is 0 Å². The molecule has 0 aliphatic rings. The number of nitrogens with one attached hydrogen (secondary N) is 1. The van der Waals surface area contributed by atoms with Gasteiger partial charge in [-0.1, -0.05) is 38.1 Å². The van der Waals surface area contributed by atoms with Crippen LogP contribution in [0.25, 0.3) is 0 Å². The molecule has 0 aliphatic carbocycles. The molecule has 1 aromatic heterocycles. The Morgan fingerprint density at radius 1 is 1.22 bits per heavy atom. The van der Waals surface area contributed by atoms with Gasteiger partial charge in [0.05, 0.1) is 4.92 Å². The Balaban J connectivity index is 2.21. The average Bonchev–Trinajstić information content (AvgIpc) is 2.55. The Labute approximate surface area is 134 Å². The van der Waals surface area contributed by atoms with Crippen molar-refractivity contribution in [3.05, 3.63) is 63.3 Å². The number of rotatable bonds is 5. The lowest BCUT2D eigenvalue weighted by molar-refractivity contribution is -0.385. The summed E-state index contributed by atoms with van der Waals surface area (Å²) in [6, 6.07) is 11.3. The quantitative estimate of drug-likeness (QED) is 0.661. The van der Waals surface area contributed by atoms with Gasteiger partial charge in [-0.3, -0.25) is 10.1 Å². The predicted molar refractivity (Wildman–Crippen MR) is 88.2 cm³/mol. The largest absolute Gasteiger partial charge is 0.362 e. The molecule has 1 aromatic carbocycles. The average molecular weight is 310 g/mol. The van der Waals surface area contributed by atoms with Gasteiger partial charge in [0.1, 0.15) is 23.6 Å². The van der Waals surface area contributed by atoms with E-state index < -0.39 is 4.92 Å². The van der Waals surface area contributed by atoms with Crippen LogP contribution in [0, 0.1) is 21.4 Å². The first kappa shape index (κ1) is 16.4. The highest BCUT2D eigenvalue weighted by atomic mass is 16.6. The van der Waals surface area contributed by atoms with Crippen LogP contribution in [0.1, 0.15) is 49.4 Å². The van der Waals surface area contributed by atoms with E-state index in [0.29, 0.717) is 11.7 Å². The number of pyridine rings is 1. The molecule has 1 N–H and O–H groups in total. The topological polar surface area (TPSA) is 91.8 Å². The molecule has 0 amide bonds. The lowest BCUT2D eigenvalue weighted by Gasteiger charge is -2.16. The van der Waals surface area contributed by atoms with Crippen molar-refractivity contribution in [1.82, 2.24) is 4.98 Å². The SMILES string of the molecule is CC(C)c1ccc([C@@H](C)Nc2ncc([N+](=O)[O-])cc2C#N)cc1. The van der Waals surface area contributed by atoms with E-state index in [1.54, 1.807) is 0 Å². The van der Waals surface area contributed by atoms with Crippen LogP contribution < -0.4 is 5.32 Å². The molecule has 2 rings (SSSR count). The number of hydrogen-bond acceptors (Lipinski definition) is 5. The van der Waals surface area contributed by atoms with Gasteiger partial charge in [0.15, 0.2) is 0 Å². The van der Waals surface area contributed by atoms with Gasteiger partial charge in [0, 0.05) is 12.1 Å². The van der Waals surface area contributed by atoms with Crippen LogP contribution in [0.3, 0.4) is 0 Å². The number of aromatic nitrogens is 1. The van der Waals surface area contributed by atoms with Crippen LogP contribution in [-0.2, 0) is 0 Å². The highest BCUT2D eigenvalue weighted by Crippen LogP contribution is 2.24. The van der Waals surface area contributed by atoms with Crippen molar-refractivity contribution in [2.24, 2.45) is 0 Å². The zero-order chi connectivity index (χ0) is 17.0. The van der Waals surface area contributed by atoms with Crippen LogP contribution >= 0.6 is 0 Å². The second-order valence-corrected chi connectivity index (χ2v) is 5.65. The van der Waals surface area contributed by atoms with Crippen molar-refractivity contribution in [3.8, 4) is 6.07 Å². The molecule has 23 heavy (non-hydrogen) atoms. The van der Waals surface area contributed by atoms with Gasteiger partial charge in [-0.25, -0.2) is 4.98 Å². The maximum atomic E-state index is 10.7. The Morgan fingerprint density at radius 2 is 1.83 bits per heavy atom. The molecule has 6 nitrogen and oxygen atoms in total. The molecule has 0 fully saturated rings. The number of nitrogens with zero attached hydrogens (tertiary/aromatic N) is 3. The second kappa shape index (κ2) is 6.88. The van der Waals surface area contributed by atoms with Gasteiger partial charge in [-0.2, -0.15) is 5.26 Å². The maximum absolute atomic E-state index is 10.7. The standard InChI is InChI=1S/C17H18N4O2/c1-11(2)13-4-6-14(7-5-13)12(3)20-17-15(9-18)8-16(10-19-17)21(22)23/h4-8,10-12H,1-3H3,(H,19,20)/t12-/m1/s1. The van der Waals surface area contributed by atoms with Crippen molar-refractivity contribution in [3.63, 3.8) is 0 Å². The van der Waals surface area contributed by atoms with Crippen molar-refractivity contribution in [2.75, 3.05) is 5.32 Å². The molecule has 1 atom stereocenters. The molecule has 6 heteroatoms. The molecular weight excluding hydrogens is 292 g/mol. The Morgan fingerprint density at radius 3 is 2.35 bits per heavy atom. The molecule has 1 heterocycles. The van der Waals surface area contributed by atoms with E-state index in [4.69, 9.17) is 5.26 Å². The van der Waals surface area contributed by atoms with Crippen molar-refractivity contribution in [2.45, 2.75) is 32.7 Å². The molecule has 0 radical (unpaired) electrons. The van der Waals surface area contributed by atoms with Gasteiger partial charge < -0.3 is 5.32 Å². The lowest BCUT2D eigenvalue weighted by atomic mass is 9.99. The van der Waals surface area contributed by atoms with Crippen LogP contribution in [0.15, 0.2) is 36.5 Å². The van der Waals surface area contributed by atoms with Crippen LogP contribution in [0.2, 0.25) is 0 Å². The molecule has 0 aliphatic heterocycles. The number of benzene rings is 1. The summed E-state index contributed by atoms with van der Waals surface area (Å²) in [7, 11) is 0. The number of hydrogen-bond donors (Lipinski definition) is 1. The summed E-state index contributed by atoms with van der Waals surface area (Å²) in [5, 5.41) is 23.0. The van der Waals surface area contributed by atoms with Gasteiger partial charge >= 0.3 is 0 Å². The number of anilines is 1. The third-order valence-electron chi connectivity index (χ3n) is 3.66. The van der Waals surface area contributed by atoms with Crippen molar-refractivity contribution < 1.29 is 4.92 Å². The lowest BCUT2D eigenvalue weighted by Crippen LogP contribution is -2.09. The molecule has 0 saturated carbocycles. The van der Waals surface area contributed by atoms with E-state index in [1.165, 1.54) is 11.6 Å². The maximum Gasteiger partial charge on any atom is 0.289 e. The fraction of sp³-hybridized carbons (Fsp3) is 0.294. The van der Waals surface area contributed by atoms with Crippen molar-refractivity contribution in [1.29, 1.82) is 5.26 Å². The second-order valence-electron chi connectivity index (χ2n) is 5.65. The van der Waals surface area contributed by atoms with Crippen LogP contribution in [0.5, 0.6) is 0 Å². The minimum Gasteiger partial charge on any atom is -0.362 e. The molecular formula is C17H18N4O2. The summed E-state index contributed by atoms with van der Waals surface area (Å²) in [5.41, 5.74) is 2.27. The molecule has 118 valence electrons. The van der Waals surface area contributed by atoms with E-state index in [9.17, 15) is 10.1 Å². The summed E-state index contributed by atoms with van der Waals surface area (Å²) in [6.07, 6.45) is 1.15. The summed E-state index contributed by atoms with van der Waals surface area (Å²) >= 11 is 0. The summed E-state index contributed by atoms with van der Waals surface area (Å²) in [5.74, 6) is 0.812. The first-order valence-electron chi connectivity index (χ1n) is 7.33. The Hall–Kier alpha value is -2.94. The van der Waals surface area contributed by atoms with E-state index in [1.807, 2.05) is 25.1 Å². The summed E-state index contributed by atoms with van der Waals surface area (Å²) in [6.45, 7) is 6.22. The predicted octanol–water partition coefficient (Wildman–Crippen LogP) is 4.16. The Bertz CT molecular complexity index is 748. The molecule has 0 saturated heterocycles. The zero-order valence-corrected chi connectivity index (χ0v) is 13.3. The first-order valence-corrected chi connectivity index (χ1v) is 7.33. The van der Waals surface area contributed by atoms with Gasteiger partial charge in [-0.05, 0) is 24.0 Å². The van der Waals surface area contributed by atoms with Crippen LogP contribution in [0.4, 0.5) is 11.5 Å². The monoisotopic (exact) mass is 310 g/mol. The van der Waals surface area contributed by atoms with E-state index in [-0.39, 0.29) is 17.3 Å². The molecule has 0 bridgehead atoms. The normalized spacial score (nSPS) is 11.8.